The second-order valence-corrected chi connectivity index (χ2v) is 14.8. The molecule has 2 heterocycles. The van der Waals surface area contributed by atoms with Gasteiger partial charge in [-0.3, -0.25) is 0 Å². The predicted molar refractivity (Wildman–Crippen MR) is 209 cm³/mol. The van der Waals surface area contributed by atoms with Crippen LogP contribution in [0.5, 0.6) is 0 Å². The summed E-state index contributed by atoms with van der Waals surface area (Å²) in [4.78, 5) is 0. The van der Waals surface area contributed by atoms with E-state index in [9.17, 15) is 0 Å². The van der Waals surface area contributed by atoms with E-state index < -0.39 is 0 Å². The van der Waals surface area contributed by atoms with Gasteiger partial charge in [0.15, 0.2) is 0 Å². The number of nitrogens with zero attached hydrogens (tertiary/aromatic N) is 1. The van der Waals surface area contributed by atoms with Gasteiger partial charge < -0.3 is 4.40 Å². The minimum absolute atomic E-state index is 0.387. The van der Waals surface area contributed by atoms with Gasteiger partial charge >= 0.3 is 0 Å². The summed E-state index contributed by atoms with van der Waals surface area (Å²) in [7, 11) is 0. The van der Waals surface area contributed by atoms with Crippen molar-refractivity contribution in [3.05, 3.63) is 138 Å². The highest BCUT2D eigenvalue weighted by atomic mass is 14.9. The third kappa shape index (κ3) is 4.30. The lowest BCUT2D eigenvalue weighted by molar-refractivity contribution is 0.869. The Morgan fingerprint density at radius 1 is 0.417 bits per heavy atom. The monoisotopic (exact) mass is 619 g/mol. The first-order valence-electron chi connectivity index (χ1n) is 17.6. The number of hydrogen-bond donors (Lipinski definition) is 0. The normalized spacial score (nSPS) is 12.5. The van der Waals surface area contributed by atoms with E-state index in [1.54, 1.807) is 0 Å². The van der Waals surface area contributed by atoms with Crippen molar-refractivity contribution in [3.63, 3.8) is 0 Å². The van der Waals surface area contributed by atoms with Crippen LogP contribution < -0.4 is 0 Å². The maximum absolute atomic E-state index is 2.55. The summed E-state index contributed by atoms with van der Waals surface area (Å²) in [6.45, 7) is 13.8. The molecule has 1 nitrogen and oxygen atoms in total. The molecule has 0 aliphatic rings. The Hall–Kier alpha value is -5.14. The lowest BCUT2D eigenvalue weighted by atomic mass is 9.85. The first-order valence-corrected chi connectivity index (χ1v) is 17.6. The molecule has 0 radical (unpaired) electrons. The van der Waals surface area contributed by atoms with Gasteiger partial charge in [0.05, 0.1) is 16.6 Å². The largest absolute Gasteiger partial charge is 0.308 e. The zero-order valence-corrected chi connectivity index (χ0v) is 28.7. The van der Waals surface area contributed by atoms with Gasteiger partial charge in [-0.2, -0.15) is 0 Å². The van der Waals surface area contributed by atoms with Crippen LogP contribution in [0.3, 0.4) is 0 Å². The van der Waals surface area contributed by atoms with E-state index in [4.69, 9.17) is 0 Å². The lowest BCUT2D eigenvalue weighted by Gasteiger charge is -2.18. The van der Waals surface area contributed by atoms with E-state index in [1.807, 2.05) is 0 Å². The SMILES string of the molecule is CC(C)c1ccc2cc3c(cc2c1)c1cc(-c2c(-c4ccccc4)cccc2C(C)C)cc2c4cc5cc(C(C)C)ccc5cc4n3c12. The molecule has 9 rings (SSSR count). The average molecular weight is 620 g/mol. The Morgan fingerprint density at radius 3 is 1.50 bits per heavy atom. The van der Waals surface area contributed by atoms with Crippen molar-refractivity contribution >= 4 is 59.6 Å². The highest BCUT2D eigenvalue weighted by molar-refractivity contribution is 6.27. The molecule has 7 aromatic carbocycles. The van der Waals surface area contributed by atoms with Crippen molar-refractivity contribution in [2.75, 3.05) is 0 Å². The molecule has 0 fully saturated rings. The summed E-state index contributed by atoms with van der Waals surface area (Å²) in [5.41, 5.74) is 13.2. The molecule has 0 unspecified atom stereocenters. The Bertz CT molecular complexity index is 2550. The molecule has 234 valence electrons. The van der Waals surface area contributed by atoms with Crippen LogP contribution in [-0.4, -0.2) is 4.40 Å². The van der Waals surface area contributed by atoms with Crippen LogP contribution in [-0.2, 0) is 0 Å². The summed E-state index contributed by atoms with van der Waals surface area (Å²) < 4.78 is 2.55. The van der Waals surface area contributed by atoms with Crippen LogP contribution >= 0.6 is 0 Å². The molecule has 0 amide bonds. The van der Waals surface area contributed by atoms with Gasteiger partial charge in [0.2, 0.25) is 0 Å². The maximum Gasteiger partial charge on any atom is 0.0620 e. The van der Waals surface area contributed by atoms with E-state index >= 15 is 0 Å². The third-order valence-electron chi connectivity index (χ3n) is 10.8. The summed E-state index contributed by atoms with van der Waals surface area (Å²) in [6, 6.07) is 46.6. The molecule has 48 heavy (non-hydrogen) atoms. The van der Waals surface area contributed by atoms with E-state index in [0.29, 0.717) is 17.8 Å². The molecule has 0 aliphatic heterocycles. The van der Waals surface area contributed by atoms with Gasteiger partial charge in [0.1, 0.15) is 0 Å². The highest BCUT2D eigenvalue weighted by Crippen LogP contribution is 2.46. The fourth-order valence-corrected chi connectivity index (χ4v) is 8.16. The Balaban J connectivity index is 1.46. The Labute approximate surface area is 282 Å². The van der Waals surface area contributed by atoms with Gasteiger partial charge in [0, 0.05) is 21.5 Å². The molecular weight excluding hydrogens is 579 g/mol. The molecule has 0 saturated carbocycles. The van der Waals surface area contributed by atoms with Crippen LogP contribution in [0.25, 0.3) is 81.9 Å². The van der Waals surface area contributed by atoms with Gasteiger partial charge in [0.25, 0.3) is 0 Å². The second-order valence-electron chi connectivity index (χ2n) is 14.8. The minimum atomic E-state index is 0.387. The standard InChI is InChI=1S/C47H41N/c1-27(2)31-15-17-33-25-44-40(21-35(33)19-31)42-23-37(46-38(29(5)6)13-10-14-39(46)30-11-8-7-9-12-30)24-43-41-22-36-20-32(28(3)4)16-18-34(36)26-45(41)48(44)47(42)43/h7-29H,1-6H3. The van der Waals surface area contributed by atoms with Crippen LogP contribution in [0.2, 0.25) is 0 Å². The number of aromatic nitrogens is 1. The van der Waals surface area contributed by atoms with Gasteiger partial charge in [-0.25, -0.2) is 0 Å². The lowest BCUT2D eigenvalue weighted by Crippen LogP contribution is -1.96. The minimum Gasteiger partial charge on any atom is -0.308 e. The van der Waals surface area contributed by atoms with Crippen LogP contribution in [0.15, 0.2) is 121 Å². The Kier molecular flexibility index (Phi) is 6.47. The molecule has 0 aliphatic carbocycles. The Morgan fingerprint density at radius 2 is 0.979 bits per heavy atom. The number of benzene rings is 7. The van der Waals surface area contributed by atoms with Gasteiger partial charge in [-0.1, -0.05) is 126 Å². The fourth-order valence-electron chi connectivity index (χ4n) is 8.16. The van der Waals surface area contributed by atoms with Crippen molar-refractivity contribution in [2.45, 2.75) is 59.3 Å². The van der Waals surface area contributed by atoms with E-state index in [1.165, 1.54) is 98.6 Å². The third-order valence-corrected chi connectivity index (χ3v) is 10.8. The quantitative estimate of drug-likeness (QED) is 0.181. The molecule has 0 saturated heterocycles. The zero-order valence-electron chi connectivity index (χ0n) is 28.7. The smallest absolute Gasteiger partial charge is 0.0620 e. The van der Waals surface area contributed by atoms with Crippen molar-refractivity contribution in [1.29, 1.82) is 0 Å². The van der Waals surface area contributed by atoms with Crippen molar-refractivity contribution < 1.29 is 0 Å². The van der Waals surface area contributed by atoms with Crippen molar-refractivity contribution in [1.82, 2.24) is 4.40 Å². The number of hydrogen-bond acceptors (Lipinski definition) is 0. The molecule has 0 spiro atoms. The molecule has 1 heteroatoms. The number of rotatable bonds is 5. The van der Waals surface area contributed by atoms with Crippen molar-refractivity contribution in [3.8, 4) is 22.3 Å². The van der Waals surface area contributed by atoms with Gasteiger partial charge in [-0.05, 0) is 115 Å². The van der Waals surface area contributed by atoms with Crippen LogP contribution in [0.1, 0.15) is 76.0 Å². The maximum atomic E-state index is 2.55. The van der Waals surface area contributed by atoms with Crippen LogP contribution in [0, 0.1) is 0 Å². The predicted octanol–water partition coefficient (Wildman–Crippen LogP) is 13.8. The zero-order chi connectivity index (χ0) is 32.8. The first-order chi connectivity index (χ1) is 23.3. The van der Waals surface area contributed by atoms with Crippen LogP contribution in [0.4, 0.5) is 0 Å². The summed E-state index contributed by atoms with van der Waals surface area (Å²) in [5.74, 6) is 1.37. The molecule has 9 aromatic rings. The topological polar surface area (TPSA) is 4.41 Å². The number of fused-ring (bicyclic) bond motifs is 8. The average Bonchev–Trinajstić information content (AvgIpc) is 3.59. The fraction of sp³-hybridized carbons (Fsp3) is 0.191. The second kappa shape index (κ2) is 10.7. The summed E-state index contributed by atoms with van der Waals surface area (Å²) in [5, 5.41) is 10.5. The highest BCUT2D eigenvalue weighted by Gasteiger charge is 2.23. The van der Waals surface area contributed by atoms with E-state index in [0.717, 1.165) is 0 Å². The molecule has 0 bridgehead atoms. The summed E-state index contributed by atoms with van der Waals surface area (Å²) in [6.07, 6.45) is 0. The molecule has 0 N–H and O–H groups in total. The summed E-state index contributed by atoms with van der Waals surface area (Å²) >= 11 is 0. The van der Waals surface area contributed by atoms with Gasteiger partial charge in [-0.15, -0.1) is 0 Å². The van der Waals surface area contributed by atoms with E-state index in [2.05, 4.69) is 167 Å². The van der Waals surface area contributed by atoms with Crippen molar-refractivity contribution in [2.24, 2.45) is 0 Å². The van der Waals surface area contributed by atoms with E-state index in [-0.39, 0.29) is 0 Å². The molecule has 0 atom stereocenters. The first kappa shape index (κ1) is 29.0. The molecular formula is C47H41N. The molecule has 2 aromatic heterocycles.